The second kappa shape index (κ2) is 11.2. The number of imide groups is 1. The van der Waals surface area contributed by atoms with Crippen molar-refractivity contribution in [1.82, 2.24) is 25.5 Å². The number of aryl methyl sites for hydroxylation is 2. The van der Waals surface area contributed by atoms with Crippen molar-refractivity contribution in [3.63, 3.8) is 0 Å². The number of nitrogens with one attached hydrogen (secondary N) is 2. The van der Waals surface area contributed by atoms with Gasteiger partial charge in [-0.15, -0.1) is 10.2 Å². The average molecular weight is 455 g/mol. The lowest BCUT2D eigenvalue weighted by Crippen LogP contribution is -2.39. The van der Waals surface area contributed by atoms with Crippen molar-refractivity contribution in [3.8, 4) is 5.75 Å². The van der Waals surface area contributed by atoms with Gasteiger partial charge in [-0.05, 0) is 42.7 Å². The molecule has 1 heterocycles. The number of thioether (sulfide) groups is 1. The van der Waals surface area contributed by atoms with Gasteiger partial charge in [-0.3, -0.25) is 10.1 Å². The highest BCUT2D eigenvalue weighted by molar-refractivity contribution is 7.99. The molecular formula is C22H26N6O3S. The summed E-state index contributed by atoms with van der Waals surface area (Å²) in [6.07, 6.45) is 0.130. The molecular weight excluding hydrogens is 428 g/mol. The molecule has 0 fully saturated rings. The Labute approximate surface area is 190 Å². The molecule has 0 unspecified atom stereocenters. The zero-order valence-corrected chi connectivity index (χ0v) is 18.8. The Hall–Kier alpha value is -3.53. The fourth-order valence-corrected chi connectivity index (χ4v) is 3.73. The maximum Gasteiger partial charge on any atom is 0.321 e. The third kappa shape index (κ3) is 7.02. The molecule has 0 radical (unpaired) electrons. The van der Waals surface area contributed by atoms with Crippen molar-refractivity contribution < 1.29 is 14.3 Å². The molecule has 32 heavy (non-hydrogen) atoms. The van der Waals surface area contributed by atoms with Gasteiger partial charge in [0.05, 0.1) is 0 Å². The maximum atomic E-state index is 12.0. The molecule has 0 bridgehead atoms. The van der Waals surface area contributed by atoms with E-state index in [0.29, 0.717) is 23.3 Å². The van der Waals surface area contributed by atoms with E-state index in [1.54, 1.807) is 0 Å². The molecule has 0 aliphatic heterocycles. The Balaban J connectivity index is 1.39. The zero-order valence-electron chi connectivity index (χ0n) is 18.0. The highest BCUT2D eigenvalue weighted by atomic mass is 32.2. The SMILES string of the molecule is Cc1cc(C)cc(OCc2nnc(SCCC(=O)NC(=O)NCc3ccccc3)n2N)c1. The first kappa shape index (κ1) is 23.1. The summed E-state index contributed by atoms with van der Waals surface area (Å²) in [4.78, 5) is 23.8. The number of hydrogen-bond acceptors (Lipinski definition) is 7. The number of urea groups is 1. The highest BCUT2D eigenvalue weighted by Crippen LogP contribution is 2.19. The van der Waals surface area contributed by atoms with Gasteiger partial charge in [0, 0.05) is 18.7 Å². The third-order valence-electron chi connectivity index (χ3n) is 4.41. The minimum Gasteiger partial charge on any atom is -0.486 e. The van der Waals surface area contributed by atoms with Crippen LogP contribution in [0.3, 0.4) is 0 Å². The Kier molecular flexibility index (Phi) is 8.09. The zero-order chi connectivity index (χ0) is 22.9. The van der Waals surface area contributed by atoms with Crippen LogP contribution in [0.5, 0.6) is 5.75 Å². The second-order valence-electron chi connectivity index (χ2n) is 7.20. The van der Waals surface area contributed by atoms with Gasteiger partial charge in [0.2, 0.25) is 11.1 Å². The lowest BCUT2D eigenvalue weighted by atomic mass is 10.1. The number of aromatic nitrogens is 3. The second-order valence-corrected chi connectivity index (χ2v) is 8.26. The number of carbonyl (C=O) groups is 2. The lowest BCUT2D eigenvalue weighted by molar-refractivity contribution is -0.119. The summed E-state index contributed by atoms with van der Waals surface area (Å²) in [5, 5.41) is 13.5. The summed E-state index contributed by atoms with van der Waals surface area (Å²) in [6, 6.07) is 14.9. The van der Waals surface area contributed by atoms with E-state index >= 15 is 0 Å². The summed E-state index contributed by atoms with van der Waals surface area (Å²) in [7, 11) is 0. The van der Waals surface area contributed by atoms with E-state index in [2.05, 4.69) is 26.9 Å². The van der Waals surface area contributed by atoms with Crippen LogP contribution in [-0.2, 0) is 17.9 Å². The molecule has 3 amide bonds. The summed E-state index contributed by atoms with van der Waals surface area (Å²) >= 11 is 1.28. The largest absolute Gasteiger partial charge is 0.486 e. The molecule has 0 atom stereocenters. The molecule has 0 aliphatic carbocycles. The summed E-state index contributed by atoms with van der Waals surface area (Å²) in [5.41, 5.74) is 3.17. The van der Waals surface area contributed by atoms with Gasteiger partial charge in [-0.25, -0.2) is 9.47 Å². The average Bonchev–Trinajstić information content (AvgIpc) is 3.10. The maximum absolute atomic E-state index is 12.0. The standard InChI is InChI=1S/C22H26N6O3S/c1-15-10-16(2)12-18(11-15)31-14-19-26-27-22(28(19)23)32-9-8-20(29)25-21(30)24-13-17-6-4-3-5-7-17/h3-7,10-12H,8-9,13-14,23H2,1-2H3,(H2,24,25,29,30). The molecule has 168 valence electrons. The number of benzene rings is 2. The molecule has 1 aromatic heterocycles. The number of nitrogen functional groups attached to an aromatic ring is 1. The first-order chi connectivity index (χ1) is 15.4. The molecule has 0 spiro atoms. The van der Waals surface area contributed by atoms with Crippen LogP contribution in [0, 0.1) is 13.8 Å². The van der Waals surface area contributed by atoms with Gasteiger partial charge in [-0.2, -0.15) is 0 Å². The van der Waals surface area contributed by atoms with Crippen molar-refractivity contribution in [2.45, 2.75) is 38.6 Å². The topological polar surface area (TPSA) is 124 Å². The van der Waals surface area contributed by atoms with Crippen LogP contribution in [0.1, 0.15) is 28.9 Å². The Morgan fingerprint density at radius 2 is 1.81 bits per heavy atom. The van der Waals surface area contributed by atoms with Crippen LogP contribution in [0.25, 0.3) is 0 Å². The number of nitrogens with zero attached hydrogens (tertiary/aromatic N) is 3. The summed E-state index contributed by atoms with van der Waals surface area (Å²) < 4.78 is 7.11. The molecule has 3 rings (SSSR count). The predicted octanol–water partition coefficient (Wildman–Crippen LogP) is 2.70. The van der Waals surface area contributed by atoms with Crippen molar-refractivity contribution in [2.75, 3.05) is 11.6 Å². The van der Waals surface area contributed by atoms with Gasteiger partial charge in [0.25, 0.3) is 0 Å². The van der Waals surface area contributed by atoms with Crippen molar-refractivity contribution in [1.29, 1.82) is 0 Å². The van der Waals surface area contributed by atoms with Crippen molar-refractivity contribution in [2.24, 2.45) is 0 Å². The van der Waals surface area contributed by atoms with Gasteiger partial charge >= 0.3 is 6.03 Å². The van der Waals surface area contributed by atoms with Crippen LogP contribution in [-0.4, -0.2) is 32.6 Å². The van der Waals surface area contributed by atoms with E-state index in [4.69, 9.17) is 10.6 Å². The lowest BCUT2D eigenvalue weighted by Gasteiger charge is -2.08. The van der Waals surface area contributed by atoms with Gasteiger partial charge in [0.15, 0.2) is 5.82 Å². The van der Waals surface area contributed by atoms with Crippen LogP contribution < -0.4 is 21.2 Å². The molecule has 0 aliphatic rings. The monoisotopic (exact) mass is 454 g/mol. The summed E-state index contributed by atoms with van der Waals surface area (Å²) in [5.74, 6) is 7.26. The van der Waals surface area contributed by atoms with Gasteiger partial charge < -0.3 is 15.9 Å². The normalized spacial score (nSPS) is 10.6. The van der Waals surface area contributed by atoms with Crippen molar-refractivity contribution in [3.05, 3.63) is 71.0 Å². The first-order valence-electron chi connectivity index (χ1n) is 10.1. The Morgan fingerprint density at radius 3 is 2.53 bits per heavy atom. The first-order valence-corrected chi connectivity index (χ1v) is 11.0. The minimum atomic E-state index is -0.531. The van der Waals surface area contributed by atoms with E-state index in [-0.39, 0.29) is 18.9 Å². The molecule has 0 saturated heterocycles. The van der Waals surface area contributed by atoms with Crippen LogP contribution in [0.4, 0.5) is 4.79 Å². The number of carbonyl (C=O) groups excluding carboxylic acids is 2. The molecule has 3 aromatic rings. The van der Waals surface area contributed by atoms with E-state index in [1.807, 2.05) is 56.3 Å². The molecule has 9 nitrogen and oxygen atoms in total. The number of hydrogen-bond donors (Lipinski definition) is 3. The van der Waals surface area contributed by atoms with Gasteiger partial charge in [0.1, 0.15) is 12.4 Å². The number of rotatable bonds is 9. The smallest absolute Gasteiger partial charge is 0.321 e. The number of ether oxygens (including phenoxy) is 1. The fraction of sp³-hybridized carbons (Fsp3) is 0.273. The van der Waals surface area contributed by atoms with E-state index in [0.717, 1.165) is 22.4 Å². The van der Waals surface area contributed by atoms with Crippen LogP contribution >= 0.6 is 11.8 Å². The van der Waals surface area contributed by atoms with Crippen molar-refractivity contribution >= 4 is 23.7 Å². The molecule has 4 N–H and O–H groups in total. The Morgan fingerprint density at radius 1 is 1.09 bits per heavy atom. The van der Waals surface area contributed by atoms with E-state index in [1.165, 1.54) is 16.4 Å². The summed E-state index contributed by atoms with van der Waals surface area (Å²) in [6.45, 7) is 4.53. The molecule has 2 aromatic carbocycles. The highest BCUT2D eigenvalue weighted by Gasteiger charge is 2.13. The van der Waals surface area contributed by atoms with E-state index in [9.17, 15) is 9.59 Å². The quantitative estimate of drug-likeness (QED) is 0.335. The minimum absolute atomic E-state index is 0.130. The van der Waals surface area contributed by atoms with Gasteiger partial charge in [-0.1, -0.05) is 48.2 Å². The molecule has 0 saturated carbocycles. The number of nitrogens with two attached hydrogens (primary N) is 1. The fourth-order valence-electron chi connectivity index (χ4n) is 2.91. The number of amides is 3. The predicted molar refractivity (Wildman–Crippen MR) is 123 cm³/mol. The van der Waals surface area contributed by atoms with Crippen LogP contribution in [0.15, 0.2) is 53.7 Å². The van der Waals surface area contributed by atoms with Crippen LogP contribution in [0.2, 0.25) is 0 Å². The third-order valence-corrected chi connectivity index (χ3v) is 5.35. The molecule has 10 heteroatoms. The Bertz CT molecular complexity index is 1050. The van der Waals surface area contributed by atoms with E-state index < -0.39 is 6.03 Å².